The van der Waals surface area contributed by atoms with Crippen molar-refractivity contribution < 1.29 is 19.1 Å². The van der Waals surface area contributed by atoms with E-state index in [4.69, 9.17) is 32.7 Å². The first-order valence-electron chi connectivity index (χ1n) is 14.9. The number of hydrogen-bond donors (Lipinski definition) is 1. The zero-order valence-electron chi connectivity index (χ0n) is 23.4. The van der Waals surface area contributed by atoms with E-state index in [1.807, 2.05) is 24.3 Å². The smallest absolute Gasteiger partial charge is 0.344 e. The average molecular weight is 580 g/mol. The van der Waals surface area contributed by atoms with Crippen LogP contribution >= 0.6 is 23.2 Å². The number of alkyl halides is 2. The number of carbonyl (C=O) groups is 2. The number of fused-ring (bicyclic) bond motifs is 5. The largest absolute Gasteiger partial charge is 0.482 e. The van der Waals surface area contributed by atoms with Gasteiger partial charge in [-0.05, 0) is 112 Å². The fourth-order valence-corrected chi connectivity index (χ4v) is 9.10. The minimum Gasteiger partial charge on any atom is -0.482 e. The van der Waals surface area contributed by atoms with E-state index in [-0.39, 0.29) is 30.1 Å². The summed E-state index contributed by atoms with van der Waals surface area (Å²) in [5.74, 6) is 4.22. The average Bonchev–Trinajstić information content (AvgIpc) is 2.91. The number of hydrogen-bond acceptors (Lipinski definition) is 5. The number of carbonyl (C=O) groups excluding carboxylic acids is 2. The number of halogens is 2. The second-order valence-corrected chi connectivity index (χ2v) is 13.5. The Balaban J connectivity index is 1.12. The molecule has 0 aromatic heterocycles. The van der Waals surface area contributed by atoms with Gasteiger partial charge in [0.2, 0.25) is 5.91 Å². The van der Waals surface area contributed by atoms with E-state index in [2.05, 4.69) is 24.1 Å². The Morgan fingerprint density at radius 3 is 2.46 bits per heavy atom. The summed E-state index contributed by atoms with van der Waals surface area (Å²) in [6.45, 7) is 6.15. The van der Waals surface area contributed by atoms with Crippen LogP contribution in [0.2, 0.25) is 0 Å². The first-order valence-corrected chi connectivity index (χ1v) is 15.9. The molecule has 1 aromatic rings. The minimum atomic E-state index is -0.293. The summed E-state index contributed by atoms with van der Waals surface area (Å²) in [5, 5.41) is 3.36. The third-order valence-corrected chi connectivity index (χ3v) is 11.0. The molecular formula is C31H44Cl2N2O4. The van der Waals surface area contributed by atoms with Gasteiger partial charge in [0.15, 0.2) is 6.61 Å². The maximum atomic E-state index is 12.7. The topological polar surface area (TPSA) is 67.9 Å². The molecule has 216 valence electrons. The van der Waals surface area contributed by atoms with Crippen LogP contribution in [0.1, 0.15) is 71.6 Å². The zero-order valence-corrected chi connectivity index (χ0v) is 24.9. The van der Waals surface area contributed by atoms with Crippen LogP contribution in [-0.2, 0) is 14.3 Å². The third kappa shape index (κ3) is 6.02. The molecule has 0 unspecified atom stereocenters. The van der Waals surface area contributed by atoms with Crippen LogP contribution in [0.15, 0.2) is 24.3 Å². The minimum absolute atomic E-state index is 0.0272. The van der Waals surface area contributed by atoms with E-state index in [0.29, 0.717) is 53.0 Å². The Morgan fingerprint density at radius 2 is 1.74 bits per heavy atom. The van der Waals surface area contributed by atoms with Gasteiger partial charge in [0, 0.05) is 42.5 Å². The highest BCUT2D eigenvalue weighted by Gasteiger charge is 2.58. The van der Waals surface area contributed by atoms with Crippen molar-refractivity contribution >= 4 is 40.8 Å². The molecule has 1 amide bonds. The van der Waals surface area contributed by atoms with Gasteiger partial charge in [0.05, 0.1) is 0 Å². The van der Waals surface area contributed by atoms with Crippen LogP contribution in [0.5, 0.6) is 5.75 Å². The van der Waals surface area contributed by atoms with Crippen molar-refractivity contribution in [2.45, 2.75) is 83.3 Å². The summed E-state index contributed by atoms with van der Waals surface area (Å²) in [6.07, 6.45) is 9.37. The summed E-state index contributed by atoms with van der Waals surface area (Å²) < 4.78 is 11.7. The van der Waals surface area contributed by atoms with E-state index < -0.39 is 0 Å². The Labute approximate surface area is 243 Å². The van der Waals surface area contributed by atoms with Crippen molar-refractivity contribution in [3.63, 3.8) is 0 Å². The number of nitrogens with one attached hydrogen (secondary N) is 1. The second kappa shape index (κ2) is 12.1. The van der Waals surface area contributed by atoms with Gasteiger partial charge in [0.25, 0.3) is 0 Å². The van der Waals surface area contributed by atoms with Gasteiger partial charge in [-0.1, -0.05) is 6.92 Å². The molecule has 1 aliphatic heterocycles. The quantitative estimate of drug-likeness (QED) is 0.280. The van der Waals surface area contributed by atoms with Crippen LogP contribution in [0.3, 0.4) is 0 Å². The Morgan fingerprint density at radius 1 is 1.00 bits per heavy atom. The molecular weight excluding hydrogens is 535 g/mol. The van der Waals surface area contributed by atoms with Crippen LogP contribution < -0.4 is 15.0 Å². The number of amides is 1. The molecule has 3 aliphatic carbocycles. The molecule has 5 rings (SSSR count). The van der Waals surface area contributed by atoms with E-state index in [1.165, 1.54) is 19.3 Å². The fourth-order valence-electron chi connectivity index (χ4n) is 8.69. The molecule has 4 fully saturated rings. The van der Waals surface area contributed by atoms with Gasteiger partial charge in [-0.3, -0.25) is 4.79 Å². The summed E-state index contributed by atoms with van der Waals surface area (Å²) in [4.78, 5) is 27.0. The molecule has 8 heteroatoms. The third-order valence-electron chi connectivity index (χ3n) is 10.7. The van der Waals surface area contributed by atoms with Crippen LogP contribution in [-0.4, -0.2) is 55.0 Å². The number of anilines is 1. The van der Waals surface area contributed by atoms with Crippen molar-refractivity contribution in [2.24, 2.45) is 29.1 Å². The molecule has 1 saturated heterocycles. The van der Waals surface area contributed by atoms with Crippen molar-refractivity contribution in [1.29, 1.82) is 0 Å². The predicted octanol–water partition coefficient (Wildman–Crippen LogP) is 6.17. The normalized spacial score (nSPS) is 35.6. The monoisotopic (exact) mass is 578 g/mol. The Hall–Kier alpha value is -1.66. The molecule has 6 nitrogen and oxygen atoms in total. The Bertz CT molecular complexity index is 1020. The maximum absolute atomic E-state index is 12.7. The molecule has 0 radical (unpaired) electrons. The summed E-state index contributed by atoms with van der Waals surface area (Å²) in [5.41, 5.74) is 1.30. The van der Waals surface area contributed by atoms with Crippen LogP contribution in [0.4, 0.5) is 5.69 Å². The lowest BCUT2D eigenvalue weighted by Gasteiger charge is -2.62. The molecule has 1 heterocycles. The molecule has 39 heavy (non-hydrogen) atoms. The molecule has 0 bridgehead atoms. The van der Waals surface area contributed by atoms with Gasteiger partial charge in [-0.2, -0.15) is 0 Å². The zero-order chi connectivity index (χ0) is 27.6. The lowest BCUT2D eigenvalue weighted by molar-refractivity contribution is -0.164. The Kier molecular flexibility index (Phi) is 8.92. The number of benzene rings is 1. The van der Waals surface area contributed by atoms with E-state index >= 15 is 0 Å². The fraction of sp³-hybridized carbons (Fsp3) is 0.742. The van der Waals surface area contributed by atoms with Gasteiger partial charge in [0.1, 0.15) is 11.9 Å². The molecule has 7 atom stereocenters. The highest BCUT2D eigenvalue weighted by atomic mass is 35.5. The van der Waals surface area contributed by atoms with Gasteiger partial charge < -0.3 is 19.7 Å². The van der Waals surface area contributed by atoms with Crippen molar-refractivity contribution in [1.82, 2.24) is 5.32 Å². The SMILES string of the molecule is C[C@]12CC[C@H](OC(=O)COc3ccc(N(CCCl)CCCl)cc3)C[C@@H]1CC[C@H]1[C@H]3CCC(=O)N[C@]3(C)CC[C@@H]12. The first-order chi connectivity index (χ1) is 18.8. The van der Waals surface area contributed by atoms with Gasteiger partial charge in [-0.15, -0.1) is 23.2 Å². The maximum Gasteiger partial charge on any atom is 0.344 e. The lowest BCUT2D eigenvalue weighted by Crippen LogP contribution is -2.63. The molecule has 1 N–H and O–H groups in total. The number of esters is 1. The van der Waals surface area contributed by atoms with Crippen LogP contribution in [0.25, 0.3) is 0 Å². The molecule has 0 spiro atoms. The number of nitrogens with zero attached hydrogens (tertiary/aromatic N) is 1. The number of rotatable bonds is 9. The highest BCUT2D eigenvalue weighted by Crippen LogP contribution is 2.62. The van der Waals surface area contributed by atoms with Gasteiger partial charge in [-0.25, -0.2) is 4.79 Å². The standard InChI is InChI=1S/C31H44Cl2N2O4/c1-30-13-11-24(39-29(37)20-38-23-6-4-22(5-7-23)35(17-15-32)18-16-33)19-21(30)3-8-25-26(30)12-14-31(2)27(25)9-10-28(36)34-31/h4-7,21,24-27H,3,8-20H2,1-2H3,(H,34,36)/t21-,24-,25+,26-,27+,30-,31+/m0/s1. The molecule has 1 aromatic carbocycles. The molecule has 4 aliphatic rings. The van der Waals surface area contributed by atoms with Crippen molar-refractivity contribution in [3.8, 4) is 5.75 Å². The van der Waals surface area contributed by atoms with Crippen molar-refractivity contribution in [2.75, 3.05) is 36.4 Å². The summed E-state index contributed by atoms with van der Waals surface area (Å²) >= 11 is 11.8. The highest BCUT2D eigenvalue weighted by molar-refractivity contribution is 6.18. The summed E-state index contributed by atoms with van der Waals surface area (Å²) in [7, 11) is 0. The van der Waals surface area contributed by atoms with E-state index in [9.17, 15) is 9.59 Å². The first kappa shape index (κ1) is 28.9. The number of piperidine rings is 1. The van der Waals surface area contributed by atoms with E-state index in [1.54, 1.807) is 0 Å². The van der Waals surface area contributed by atoms with Gasteiger partial charge >= 0.3 is 5.97 Å². The lowest BCUT2D eigenvalue weighted by atomic mass is 9.45. The molecule has 3 saturated carbocycles. The van der Waals surface area contributed by atoms with Crippen molar-refractivity contribution in [3.05, 3.63) is 24.3 Å². The second-order valence-electron chi connectivity index (χ2n) is 12.7. The predicted molar refractivity (Wildman–Crippen MR) is 156 cm³/mol. The summed E-state index contributed by atoms with van der Waals surface area (Å²) in [6, 6.07) is 7.67. The number of ether oxygens (including phenoxy) is 2. The van der Waals surface area contributed by atoms with Crippen LogP contribution in [0, 0.1) is 29.1 Å². The van der Waals surface area contributed by atoms with E-state index in [0.717, 1.165) is 50.9 Å².